The third-order valence-corrected chi connectivity index (χ3v) is 4.41. The van der Waals surface area contributed by atoms with E-state index in [1.54, 1.807) is 0 Å². The molecule has 1 heterocycles. The molecule has 1 saturated carbocycles. The highest BCUT2D eigenvalue weighted by molar-refractivity contribution is 5.79. The lowest BCUT2D eigenvalue weighted by atomic mass is 9.63. The van der Waals surface area contributed by atoms with Gasteiger partial charge in [0.2, 0.25) is 0 Å². The molecule has 2 nitrogen and oxygen atoms in total. The summed E-state index contributed by atoms with van der Waals surface area (Å²) in [7, 11) is 0. The van der Waals surface area contributed by atoms with Crippen molar-refractivity contribution in [3.8, 4) is 0 Å². The van der Waals surface area contributed by atoms with Crippen molar-refractivity contribution in [1.29, 1.82) is 0 Å². The van der Waals surface area contributed by atoms with Gasteiger partial charge >= 0.3 is 0 Å². The highest BCUT2D eigenvalue weighted by atomic mass is 16.1. The molecule has 0 spiro atoms. The number of ketones is 1. The molecule has 2 fully saturated rings. The van der Waals surface area contributed by atoms with Gasteiger partial charge in [-0.3, -0.25) is 9.69 Å². The van der Waals surface area contributed by atoms with Crippen molar-refractivity contribution in [3.63, 3.8) is 0 Å². The van der Waals surface area contributed by atoms with Crippen molar-refractivity contribution in [2.45, 2.75) is 65.8 Å². The van der Waals surface area contributed by atoms with Gasteiger partial charge in [0.15, 0.2) is 0 Å². The van der Waals surface area contributed by atoms with Crippen molar-refractivity contribution in [2.75, 3.05) is 13.1 Å². The van der Waals surface area contributed by atoms with Crippen LogP contribution in [0.2, 0.25) is 0 Å². The van der Waals surface area contributed by atoms with Crippen LogP contribution < -0.4 is 0 Å². The number of rotatable bonds is 1. The van der Waals surface area contributed by atoms with Gasteiger partial charge in [0.25, 0.3) is 0 Å². The zero-order valence-corrected chi connectivity index (χ0v) is 11.9. The quantitative estimate of drug-likeness (QED) is 0.697. The molecule has 98 valence electrons. The van der Waals surface area contributed by atoms with Gasteiger partial charge in [0, 0.05) is 32.0 Å². The molecule has 0 atom stereocenters. The predicted molar refractivity (Wildman–Crippen MR) is 71.0 cm³/mol. The number of carbonyl (C=O) groups excluding carboxylic acids is 1. The summed E-state index contributed by atoms with van der Waals surface area (Å²) in [5.41, 5.74) is 0.905. The summed E-state index contributed by atoms with van der Waals surface area (Å²) in [5.74, 6) is 0.454. The van der Waals surface area contributed by atoms with Gasteiger partial charge in [-0.1, -0.05) is 27.7 Å². The molecule has 0 amide bonds. The number of piperidine rings is 1. The van der Waals surface area contributed by atoms with Gasteiger partial charge in [-0.2, -0.15) is 0 Å². The van der Waals surface area contributed by atoms with Crippen LogP contribution in [-0.4, -0.2) is 29.8 Å². The van der Waals surface area contributed by atoms with Crippen LogP contribution in [0, 0.1) is 10.8 Å². The minimum absolute atomic E-state index is 0.452. The Labute approximate surface area is 106 Å². The van der Waals surface area contributed by atoms with Crippen LogP contribution in [0.25, 0.3) is 0 Å². The Bertz CT molecular complexity index is 280. The van der Waals surface area contributed by atoms with Gasteiger partial charge in [-0.15, -0.1) is 0 Å². The molecule has 0 aromatic heterocycles. The Hall–Kier alpha value is -0.370. The molecular formula is C15H27NO. The maximum absolute atomic E-state index is 11.3. The largest absolute Gasteiger partial charge is 0.300 e. The lowest BCUT2D eigenvalue weighted by molar-refractivity contribution is -0.122. The third kappa shape index (κ3) is 3.31. The normalized spacial score (nSPS) is 30.5. The topological polar surface area (TPSA) is 20.3 Å². The lowest BCUT2D eigenvalue weighted by Crippen LogP contribution is -2.49. The molecule has 1 saturated heterocycles. The number of nitrogens with zero attached hydrogens (tertiary/aromatic N) is 1. The van der Waals surface area contributed by atoms with Crippen LogP contribution in [0.1, 0.15) is 59.8 Å². The summed E-state index contributed by atoms with van der Waals surface area (Å²) in [6, 6.07) is 0.696. The molecule has 0 radical (unpaired) electrons. The first kappa shape index (κ1) is 13.1. The smallest absolute Gasteiger partial charge is 0.135 e. The molecule has 0 bridgehead atoms. The maximum atomic E-state index is 11.3. The zero-order chi connectivity index (χ0) is 12.7. The molecule has 2 rings (SSSR count). The number of carbonyl (C=O) groups is 1. The summed E-state index contributed by atoms with van der Waals surface area (Å²) < 4.78 is 0. The Kier molecular flexibility index (Phi) is 3.37. The van der Waals surface area contributed by atoms with Crippen LogP contribution in [0.5, 0.6) is 0 Å². The van der Waals surface area contributed by atoms with Crippen LogP contribution in [0.4, 0.5) is 0 Å². The number of Topliss-reactive ketones (excluding diaryl/α,β-unsaturated/α-hetero) is 1. The minimum atomic E-state index is 0.452. The van der Waals surface area contributed by atoms with E-state index in [2.05, 4.69) is 32.6 Å². The monoisotopic (exact) mass is 237 g/mol. The van der Waals surface area contributed by atoms with Gasteiger partial charge in [0.1, 0.15) is 5.78 Å². The summed E-state index contributed by atoms with van der Waals surface area (Å²) in [6.45, 7) is 11.6. The van der Waals surface area contributed by atoms with E-state index in [-0.39, 0.29) is 0 Å². The Balaban J connectivity index is 2.03. The Morgan fingerprint density at radius 1 is 1.00 bits per heavy atom. The first-order valence-electron chi connectivity index (χ1n) is 7.03. The fourth-order valence-corrected chi connectivity index (χ4v) is 4.18. The van der Waals surface area contributed by atoms with Crippen LogP contribution >= 0.6 is 0 Å². The Morgan fingerprint density at radius 2 is 1.47 bits per heavy atom. The third-order valence-electron chi connectivity index (χ3n) is 4.41. The first-order chi connectivity index (χ1) is 7.77. The second-order valence-corrected chi connectivity index (χ2v) is 7.64. The molecule has 17 heavy (non-hydrogen) atoms. The number of hydrogen-bond acceptors (Lipinski definition) is 2. The molecule has 0 aromatic carbocycles. The standard InChI is InChI=1S/C15H27NO/c1-14(2)9-12(10-15(3,4)11-14)16-7-5-13(17)6-8-16/h12H,5-11H2,1-4H3. The van der Waals surface area contributed by atoms with Gasteiger partial charge in [-0.25, -0.2) is 0 Å². The molecule has 2 heteroatoms. The van der Waals surface area contributed by atoms with Crippen molar-refractivity contribution in [1.82, 2.24) is 4.90 Å². The summed E-state index contributed by atoms with van der Waals surface area (Å²) in [5, 5.41) is 0. The average Bonchev–Trinajstić information content (AvgIpc) is 2.13. The predicted octanol–water partition coefficient (Wildman–Crippen LogP) is 3.26. The van der Waals surface area contributed by atoms with E-state index < -0.39 is 0 Å². The van der Waals surface area contributed by atoms with Crippen molar-refractivity contribution < 1.29 is 4.79 Å². The molecule has 0 aromatic rings. The molecule has 0 N–H and O–H groups in total. The van der Waals surface area contributed by atoms with E-state index in [4.69, 9.17) is 0 Å². The summed E-state index contributed by atoms with van der Waals surface area (Å²) in [4.78, 5) is 13.9. The first-order valence-corrected chi connectivity index (χ1v) is 7.03. The highest BCUT2D eigenvalue weighted by Crippen LogP contribution is 2.47. The second-order valence-electron chi connectivity index (χ2n) is 7.64. The van der Waals surface area contributed by atoms with Crippen molar-refractivity contribution in [2.24, 2.45) is 10.8 Å². The fraction of sp³-hybridized carbons (Fsp3) is 0.933. The van der Waals surface area contributed by atoms with Gasteiger partial charge < -0.3 is 0 Å². The SMILES string of the molecule is CC1(C)CC(N2CCC(=O)CC2)CC(C)(C)C1. The van der Waals surface area contributed by atoms with Crippen molar-refractivity contribution in [3.05, 3.63) is 0 Å². The average molecular weight is 237 g/mol. The van der Waals surface area contributed by atoms with Gasteiger partial charge in [-0.05, 0) is 30.1 Å². The highest BCUT2D eigenvalue weighted by Gasteiger charge is 2.40. The van der Waals surface area contributed by atoms with Crippen LogP contribution in [-0.2, 0) is 4.79 Å². The molecular weight excluding hydrogens is 210 g/mol. The Morgan fingerprint density at radius 3 is 1.94 bits per heavy atom. The summed E-state index contributed by atoms with van der Waals surface area (Å²) >= 11 is 0. The number of likely N-dealkylation sites (tertiary alicyclic amines) is 1. The van der Waals surface area contributed by atoms with E-state index in [1.165, 1.54) is 19.3 Å². The minimum Gasteiger partial charge on any atom is -0.300 e. The molecule has 2 aliphatic rings. The van der Waals surface area contributed by atoms with E-state index >= 15 is 0 Å². The molecule has 1 aliphatic carbocycles. The lowest BCUT2D eigenvalue weighted by Gasteiger charge is -2.49. The van der Waals surface area contributed by atoms with Crippen LogP contribution in [0.15, 0.2) is 0 Å². The fourth-order valence-electron chi connectivity index (χ4n) is 4.18. The molecule has 1 aliphatic heterocycles. The van der Waals surface area contributed by atoms with Crippen molar-refractivity contribution >= 4 is 5.78 Å². The maximum Gasteiger partial charge on any atom is 0.135 e. The zero-order valence-electron chi connectivity index (χ0n) is 11.9. The van der Waals surface area contributed by atoms with Gasteiger partial charge in [0.05, 0.1) is 0 Å². The number of hydrogen-bond donors (Lipinski definition) is 0. The van der Waals surface area contributed by atoms with E-state index in [1.807, 2.05) is 0 Å². The summed E-state index contributed by atoms with van der Waals surface area (Å²) in [6.07, 6.45) is 5.47. The van der Waals surface area contributed by atoms with Crippen LogP contribution in [0.3, 0.4) is 0 Å². The van der Waals surface area contributed by atoms with E-state index in [0.717, 1.165) is 25.9 Å². The second kappa shape index (κ2) is 4.38. The van der Waals surface area contributed by atoms with E-state index in [9.17, 15) is 4.79 Å². The van der Waals surface area contributed by atoms with E-state index in [0.29, 0.717) is 22.7 Å². The molecule has 0 unspecified atom stereocenters.